The van der Waals surface area contributed by atoms with Gasteiger partial charge in [0.15, 0.2) is 0 Å². The van der Waals surface area contributed by atoms with Crippen LogP contribution in [0.3, 0.4) is 0 Å². The average molecular weight is 209 g/mol. The van der Waals surface area contributed by atoms with Crippen molar-refractivity contribution in [1.29, 1.82) is 0 Å². The van der Waals surface area contributed by atoms with Gasteiger partial charge in [0.2, 0.25) is 5.91 Å². The number of unbranched alkanes of at least 4 members (excludes halogenated alkanes) is 1. The van der Waals surface area contributed by atoms with E-state index in [0.717, 1.165) is 19.3 Å². The molecule has 1 N–H and O–H groups in total. The number of carbonyl (C=O) groups excluding carboxylic acids is 1. The number of hydrogen-bond acceptors (Lipinski definition) is 1. The summed E-state index contributed by atoms with van der Waals surface area (Å²) in [5.41, 5.74) is -0.149. The minimum Gasteiger partial charge on any atom is -0.348 e. The van der Waals surface area contributed by atoms with E-state index >= 15 is 0 Å². The van der Waals surface area contributed by atoms with Gasteiger partial charge in [0, 0.05) is 5.54 Å². The van der Waals surface area contributed by atoms with Gasteiger partial charge in [0.05, 0.1) is 0 Å². The van der Waals surface area contributed by atoms with Crippen molar-refractivity contribution in [2.24, 2.45) is 0 Å². The molecule has 0 saturated heterocycles. The van der Waals surface area contributed by atoms with Crippen LogP contribution in [0.25, 0.3) is 0 Å². The first kappa shape index (κ1) is 13.9. The van der Waals surface area contributed by atoms with Gasteiger partial charge in [-0.1, -0.05) is 25.2 Å². The van der Waals surface area contributed by atoms with E-state index in [-0.39, 0.29) is 11.4 Å². The summed E-state index contributed by atoms with van der Waals surface area (Å²) in [6.45, 7) is 8.04. The lowest BCUT2D eigenvalue weighted by molar-refractivity contribution is -0.117. The fraction of sp³-hybridized carbons (Fsp3) is 0.615. The zero-order valence-electron chi connectivity index (χ0n) is 10.3. The van der Waals surface area contributed by atoms with Crippen molar-refractivity contribution in [3.05, 3.63) is 24.3 Å². The third kappa shape index (κ3) is 10.9. The molecule has 86 valence electrons. The SMILES string of the molecule is CC/C=C\CC/C=C/C(=O)NC(C)(C)C. The van der Waals surface area contributed by atoms with Crippen LogP contribution in [0.2, 0.25) is 0 Å². The minimum atomic E-state index is -0.149. The molecule has 2 nitrogen and oxygen atoms in total. The molecule has 0 aliphatic heterocycles. The van der Waals surface area contributed by atoms with Gasteiger partial charge in [-0.15, -0.1) is 0 Å². The molecule has 0 aliphatic rings. The van der Waals surface area contributed by atoms with Crippen molar-refractivity contribution in [1.82, 2.24) is 5.32 Å². The summed E-state index contributed by atoms with van der Waals surface area (Å²) in [4.78, 5) is 11.3. The third-order valence-corrected chi connectivity index (χ3v) is 1.67. The number of rotatable bonds is 5. The molecule has 15 heavy (non-hydrogen) atoms. The summed E-state index contributed by atoms with van der Waals surface area (Å²) in [6.07, 6.45) is 10.8. The third-order valence-electron chi connectivity index (χ3n) is 1.67. The highest BCUT2D eigenvalue weighted by molar-refractivity contribution is 5.87. The second kappa shape index (κ2) is 7.27. The molecule has 0 aliphatic carbocycles. The molecule has 0 radical (unpaired) electrons. The van der Waals surface area contributed by atoms with Gasteiger partial charge in [-0.05, 0) is 46.1 Å². The molecule has 0 saturated carbocycles. The average Bonchev–Trinajstić information content (AvgIpc) is 2.08. The van der Waals surface area contributed by atoms with Gasteiger partial charge >= 0.3 is 0 Å². The molecule has 0 atom stereocenters. The summed E-state index contributed by atoms with van der Waals surface area (Å²) in [5, 5.41) is 2.88. The summed E-state index contributed by atoms with van der Waals surface area (Å²) >= 11 is 0. The van der Waals surface area contributed by atoms with E-state index in [0.29, 0.717) is 0 Å². The van der Waals surface area contributed by atoms with Gasteiger partial charge < -0.3 is 5.32 Å². The molecule has 2 heteroatoms. The standard InChI is InChI=1S/C13H23NO/c1-5-6-7-8-9-10-11-12(15)14-13(2,3)4/h6-7,10-11H,5,8-9H2,1-4H3,(H,14,15)/b7-6-,11-10+. The quantitative estimate of drug-likeness (QED) is 0.420. The first-order valence-electron chi connectivity index (χ1n) is 5.59. The smallest absolute Gasteiger partial charge is 0.244 e. The van der Waals surface area contributed by atoms with Crippen LogP contribution in [-0.4, -0.2) is 11.4 Å². The number of hydrogen-bond donors (Lipinski definition) is 1. The largest absolute Gasteiger partial charge is 0.348 e. The maximum absolute atomic E-state index is 11.3. The fourth-order valence-electron chi connectivity index (χ4n) is 1.08. The first-order valence-corrected chi connectivity index (χ1v) is 5.59. The Hall–Kier alpha value is -1.05. The van der Waals surface area contributed by atoms with Crippen molar-refractivity contribution in [2.75, 3.05) is 0 Å². The molecular formula is C13H23NO. The predicted molar refractivity (Wildman–Crippen MR) is 65.7 cm³/mol. The number of nitrogens with one attached hydrogen (secondary N) is 1. The van der Waals surface area contributed by atoms with Gasteiger partial charge in [0.25, 0.3) is 0 Å². The lowest BCUT2D eigenvalue weighted by Crippen LogP contribution is -2.39. The molecule has 0 heterocycles. The van der Waals surface area contributed by atoms with Crippen LogP contribution in [0.1, 0.15) is 47.0 Å². The summed E-state index contributed by atoms with van der Waals surface area (Å²) in [7, 11) is 0. The number of allylic oxidation sites excluding steroid dienone is 3. The van der Waals surface area contributed by atoms with Crippen LogP contribution in [0.15, 0.2) is 24.3 Å². The van der Waals surface area contributed by atoms with E-state index in [1.807, 2.05) is 26.8 Å². The van der Waals surface area contributed by atoms with Gasteiger partial charge in [-0.2, -0.15) is 0 Å². The summed E-state index contributed by atoms with van der Waals surface area (Å²) in [6, 6.07) is 0. The van der Waals surface area contributed by atoms with Gasteiger partial charge in [0.1, 0.15) is 0 Å². The van der Waals surface area contributed by atoms with E-state index in [2.05, 4.69) is 24.4 Å². The van der Waals surface area contributed by atoms with E-state index in [9.17, 15) is 4.79 Å². The number of amides is 1. The first-order chi connectivity index (χ1) is 6.95. The van der Waals surface area contributed by atoms with Crippen LogP contribution in [0.4, 0.5) is 0 Å². The van der Waals surface area contributed by atoms with E-state index in [1.54, 1.807) is 6.08 Å². The van der Waals surface area contributed by atoms with E-state index < -0.39 is 0 Å². The highest BCUT2D eigenvalue weighted by atomic mass is 16.1. The second-order valence-electron chi connectivity index (χ2n) is 4.60. The maximum Gasteiger partial charge on any atom is 0.244 e. The molecule has 0 unspecified atom stereocenters. The Morgan fingerprint density at radius 1 is 1.13 bits per heavy atom. The van der Waals surface area contributed by atoms with Crippen molar-refractivity contribution in [3.63, 3.8) is 0 Å². The summed E-state index contributed by atoms with van der Waals surface area (Å²) < 4.78 is 0. The highest BCUT2D eigenvalue weighted by Gasteiger charge is 2.10. The Kier molecular flexibility index (Phi) is 6.76. The Balaban J connectivity index is 3.69. The fourth-order valence-corrected chi connectivity index (χ4v) is 1.08. The molecule has 1 amide bonds. The lowest BCUT2D eigenvalue weighted by Gasteiger charge is -2.18. The molecule has 0 aromatic heterocycles. The molecule has 0 spiro atoms. The molecule has 0 bridgehead atoms. The van der Waals surface area contributed by atoms with Crippen molar-refractivity contribution in [3.8, 4) is 0 Å². The van der Waals surface area contributed by atoms with Gasteiger partial charge in [-0.3, -0.25) is 4.79 Å². The van der Waals surface area contributed by atoms with Crippen molar-refractivity contribution < 1.29 is 4.79 Å². The molecule has 0 fully saturated rings. The molecule has 0 rings (SSSR count). The van der Waals surface area contributed by atoms with Crippen molar-refractivity contribution >= 4 is 5.91 Å². The van der Waals surface area contributed by atoms with Gasteiger partial charge in [-0.25, -0.2) is 0 Å². The molecule has 0 aromatic rings. The number of carbonyl (C=O) groups is 1. The Morgan fingerprint density at radius 3 is 2.27 bits per heavy atom. The lowest BCUT2D eigenvalue weighted by atomic mass is 10.1. The maximum atomic E-state index is 11.3. The Morgan fingerprint density at radius 2 is 1.73 bits per heavy atom. The molecular weight excluding hydrogens is 186 g/mol. The Bertz CT molecular complexity index is 233. The topological polar surface area (TPSA) is 29.1 Å². The van der Waals surface area contributed by atoms with Crippen LogP contribution < -0.4 is 5.32 Å². The minimum absolute atomic E-state index is 0.0121. The van der Waals surface area contributed by atoms with Crippen molar-refractivity contribution in [2.45, 2.75) is 52.5 Å². The zero-order valence-corrected chi connectivity index (χ0v) is 10.3. The van der Waals surface area contributed by atoms with Crippen LogP contribution in [0, 0.1) is 0 Å². The normalized spacial score (nSPS) is 12.5. The van der Waals surface area contributed by atoms with Crippen LogP contribution >= 0.6 is 0 Å². The predicted octanol–water partition coefficient (Wildman–Crippen LogP) is 3.20. The second-order valence-corrected chi connectivity index (χ2v) is 4.60. The monoisotopic (exact) mass is 209 g/mol. The van der Waals surface area contributed by atoms with E-state index in [4.69, 9.17) is 0 Å². The van der Waals surface area contributed by atoms with Crippen LogP contribution in [-0.2, 0) is 4.79 Å². The molecule has 0 aromatic carbocycles. The van der Waals surface area contributed by atoms with E-state index in [1.165, 1.54) is 0 Å². The highest BCUT2D eigenvalue weighted by Crippen LogP contribution is 1.99. The summed E-state index contributed by atoms with van der Waals surface area (Å²) in [5.74, 6) is -0.0121. The Labute approximate surface area is 93.5 Å². The zero-order chi connectivity index (χ0) is 11.7. The van der Waals surface area contributed by atoms with Crippen LogP contribution in [0.5, 0.6) is 0 Å².